The van der Waals surface area contributed by atoms with Crippen molar-refractivity contribution >= 4 is 16.5 Å². The molecule has 1 saturated heterocycles. The number of likely N-dealkylation sites (tertiary alicyclic amines) is 1. The Bertz CT molecular complexity index is 981. The van der Waals surface area contributed by atoms with Crippen LogP contribution in [0, 0.1) is 16.0 Å². The molecule has 0 atom stereocenters. The first-order valence-corrected chi connectivity index (χ1v) is 10.3. The molecular formula is C24H27N3O2. The minimum atomic E-state index is -0.339. The molecular weight excluding hydrogens is 362 g/mol. The number of rotatable bonds is 7. The lowest BCUT2D eigenvalue weighted by atomic mass is 9.96. The van der Waals surface area contributed by atoms with Crippen LogP contribution < -0.4 is 5.32 Å². The molecule has 1 fully saturated rings. The maximum absolute atomic E-state index is 10.9. The Labute approximate surface area is 171 Å². The lowest BCUT2D eigenvalue weighted by Crippen LogP contribution is -2.36. The van der Waals surface area contributed by atoms with E-state index in [0.717, 1.165) is 31.7 Å². The summed E-state index contributed by atoms with van der Waals surface area (Å²) < 4.78 is 0. The summed E-state index contributed by atoms with van der Waals surface area (Å²) in [7, 11) is 0. The van der Waals surface area contributed by atoms with Gasteiger partial charge in [0.15, 0.2) is 0 Å². The largest absolute Gasteiger partial charge is 0.312 e. The molecule has 3 aromatic carbocycles. The van der Waals surface area contributed by atoms with E-state index in [1.807, 2.05) is 6.07 Å². The van der Waals surface area contributed by atoms with Crippen LogP contribution in [0.1, 0.15) is 24.0 Å². The minimum Gasteiger partial charge on any atom is -0.312 e. The number of nitro benzene ring substituents is 1. The molecule has 1 N–H and O–H groups in total. The van der Waals surface area contributed by atoms with Crippen LogP contribution in [-0.4, -0.2) is 29.5 Å². The van der Waals surface area contributed by atoms with Crippen molar-refractivity contribution in [1.82, 2.24) is 10.2 Å². The molecule has 150 valence electrons. The summed E-state index contributed by atoms with van der Waals surface area (Å²) in [5.41, 5.74) is 2.50. The van der Waals surface area contributed by atoms with Gasteiger partial charge in [-0.1, -0.05) is 48.5 Å². The van der Waals surface area contributed by atoms with Crippen molar-refractivity contribution in [3.05, 3.63) is 88.0 Å². The summed E-state index contributed by atoms with van der Waals surface area (Å²) in [5.74, 6) is 0.668. The average molecular weight is 389 g/mol. The highest BCUT2D eigenvalue weighted by atomic mass is 16.6. The fourth-order valence-corrected chi connectivity index (χ4v) is 4.14. The van der Waals surface area contributed by atoms with Crippen molar-refractivity contribution in [2.75, 3.05) is 19.6 Å². The lowest BCUT2D eigenvalue weighted by molar-refractivity contribution is -0.384. The Hall–Kier alpha value is -2.76. The molecule has 29 heavy (non-hydrogen) atoms. The second-order valence-electron chi connectivity index (χ2n) is 7.96. The third-order valence-electron chi connectivity index (χ3n) is 5.81. The van der Waals surface area contributed by atoms with E-state index >= 15 is 0 Å². The minimum absolute atomic E-state index is 0.159. The molecule has 0 amide bonds. The van der Waals surface area contributed by atoms with Crippen molar-refractivity contribution in [1.29, 1.82) is 0 Å². The van der Waals surface area contributed by atoms with Crippen LogP contribution in [0.2, 0.25) is 0 Å². The number of nitrogens with one attached hydrogen (secondary N) is 1. The second-order valence-corrected chi connectivity index (χ2v) is 7.96. The van der Waals surface area contributed by atoms with Crippen molar-refractivity contribution in [3.8, 4) is 0 Å². The van der Waals surface area contributed by atoms with Gasteiger partial charge in [-0.15, -0.1) is 0 Å². The van der Waals surface area contributed by atoms with Crippen molar-refractivity contribution in [2.24, 2.45) is 5.92 Å². The van der Waals surface area contributed by atoms with E-state index in [-0.39, 0.29) is 10.6 Å². The fourth-order valence-electron chi connectivity index (χ4n) is 4.14. The summed E-state index contributed by atoms with van der Waals surface area (Å²) in [6.45, 7) is 4.90. The third kappa shape index (κ3) is 5.19. The lowest BCUT2D eigenvalue weighted by Gasteiger charge is -2.32. The maximum Gasteiger partial charge on any atom is 0.269 e. The zero-order valence-corrected chi connectivity index (χ0v) is 16.6. The monoisotopic (exact) mass is 389 g/mol. The molecule has 0 spiro atoms. The van der Waals surface area contributed by atoms with Gasteiger partial charge in [-0.05, 0) is 66.4 Å². The van der Waals surface area contributed by atoms with Crippen LogP contribution in [0.4, 0.5) is 5.69 Å². The molecule has 0 aliphatic carbocycles. The van der Waals surface area contributed by atoms with Gasteiger partial charge in [-0.3, -0.25) is 15.0 Å². The normalized spacial score (nSPS) is 15.6. The molecule has 5 heteroatoms. The first kappa shape index (κ1) is 19.6. The Kier molecular flexibility index (Phi) is 6.17. The van der Waals surface area contributed by atoms with E-state index in [4.69, 9.17) is 0 Å². The van der Waals surface area contributed by atoms with E-state index in [0.29, 0.717) is 12.5 Å². The summed E-state index contributed by atoms with van der Waals surface area (Å²) in [6.07, 6.45) is 2.38. The van der Waals surface area contributed by atoms with E-state index < -0.39 is 0 Å². The molecule has 5 nitrogen and oxygen atoms in total. The zero-order valence-electron chi connectivity index (χ0n) is 16.6. The number of non-ortho nitro benzene ring substituents is 1. The Morgan fingerprint density at radius 1 is 0.931 bits per heavy atom. The van der Waals surface area contributed by atoms with Gasteiger partial charge in [0, 0.05) is 25.2 Å². The quantitative estimate of drug-likeness (QED) is 0.468. The summed E-state index contributed by atoms with van der Waals surface area (Å²) >= 11 is 0. The van der Waals surface area contributed by atoms with Gasteiger partial charge in [0.25, 0.3) is 5.69 Å². The van der Waals surface area contributed by atoms with Gasteiger partial charge >= 0.3 is 0 Å². The van der Waals surface area contributed by atoms with Gasteiger partial charge < -0.3 is 5.32 Å². The molecule has 1 heterocycles. The third-order valence-corrected chi connectivity index (χ3v) is 5.81. The number of fused-ring (bicyclic) bond motifs is 1. The highest BCUT2D eigenvalue weighted by molar-refractivity contribution is 5.82. The van der Waals surface area contributed by atoms with E-state index in [1.165, 1.54) is 35.2 Å². The first-order chi connectivity index (χ1) is 14.2. The van der Waals surface area contributed by atoms with Gasteiger partial charge in [0.1, 0.15) is 0 Å². The van der Waals surface area contributed by atoms with Crippen LogP contribution in [0.5, 0.6) is 0 Å². The van der Waals surface area contributed by atoms with Crippen LogP contribution in [-0.2, 0) is 13.1 Å². The summed E-state index contributed by atoms with van der Waals surface area (Å²) in [5, 5.41) is 17.0. The number of benzene rings is 3. The standard InChI is InChI=1S/C24H27N3O2/c28-27(29)24-7-3-4-20(15-24)17-25-16-19-10-12-26(13-11-19)18-21-8-9-22-5-1-2-6-23(22)14-21/h1-9,14-15,19,25H,10-13,16-18H2. The van der Waals surface area contributed by atoms with Gasteiger partial charge in [0.05, 0.1) is 4.92 Å². The van der Waals surface area contributed by atoms with Crippen LogP contribution in [0.25, 0.3) is 10.8 Å². The summed E-state index contributed by atoms with van der Waals surface area (Å²) in [6, 6.07) is 22.2. The van der Waals surface area contributed by atoms with Crippen LogP contribution in [0.3, 0.4) is 0 Å². The number of hydrogen-bond acceptors (Lipinski definition) is 4. The van der Waals surface area contributed by atoms with Gasteiger partial charge in [-0.25, -0.2) is 0 Å². The van der Waals surface area contributed by atoms with Crippen molar-refractivity contribution in [3.63, 3.8) is 0 Å². The molecule has 0 unspecified atom stereocenters. The maximum atomic E-state index is 10.9. The molecule has 1 aliphatic heterocycles. The summed E-state index contributed by atoms with van der Waals surface area (Å²) in [4.78, 5) is 13.1. The molecule has 0 saturated carbocycles. The van der Waals surface area contributed by atoms with Crippen LogP contribution in [0.15, 0.2) is 66.7 Å². The highest BCUT2D eigenvalue weighted by Gasteiger charge is 2.19. The average Bonchev–Trinajstić information content (AvgIpc) is 2.75. The number of nitrogens with zero attached hydrogens (tertiary/aromatic N) is 2. The van der Waals surface area contributed by atoms with Crippen molar-refractivity contribution in [2.45, 2.75) is 25.9 Å². The molecule has 0 bridgehead atoms. The zero-order chi connectivity index (χ0) is 20.1. The molecule has 4 rings (SSSR count). The first-order valence-electron chi connectivity index (χ1n) is 10.3. The molecule has 1 aliphatic rings. The number of nitro groups is 1. The molecule has 0 aromatic heterocycles. The Morgan fingerprint density at radius 3 is 2.52 bits per heavy atom. The highest BCUT2D eigenvalue weighted by Crippen LogP contribution is 2.21. The van der Waals surface area contributed by atoms with E-state index in [2.05, 4.69) is 52.7 Å². The van der Waals surface area contributed by atoms with Gasteiger partial charge in [-0.2, -0.15) is 0 Å². The molecule has 3 aromatic rings. The van der Waals surface area contributed by atoms with Gasteiger partial charge in [0.2, 0.25) is 0 Å². The fraction of sp³-hybridized carbons (Fsp3) is 0.333. The predicted octanol–water partition coefficient (Wildman–Crippen LogP) is 4.75. The SMILES string of the molecule is O=[N+]([O-])c1cccc(CNCC2CCN(Cc3ccc4ccccc4c3)CC2)c1. The Morgan fingerprint density at radius 2 is 1.72 bits per heavy atom. The predicted molar refractivity (Wildman–Crippen MR) is 117 cm³/mol. The van der Waals surface area contributed by atoms with E-state index in [1.54, 1.807) is 12.1 Å². The topological polar surface area (TPSA) is 58.4 Å². The second kappa shape index (κ2) is 9.16. The van der Waals surface area contributed by atoms with E-state index in [9.17, 15) is 10.1 Å². The van der Waals surface area contributed by atoms with Crippen molar-refractivity contribution < 1.29 is 4.92 Å². The van der Waals surface area contributed by atoms with Crippen LogP contribution >= 0.6 is 0 Å². The smallest absolute Gasteiger partial charge is 0.269 e. The Balaban J connectivity index is 1.22. The molecule has 0 radical (unpaired) electrons. The number of hydrogen-bond donors (Lipinski definition) is 1. The number of piperidine rings is 1.